The zero-order chi connectivity index (χ0) is 14.9. The van der Waals surface area contributed by atoms with Gasteiger partial charge in [-0.1, -0.05) is 12.2 Å². The van der Waals surface area contributed by atoms with E-state index in [1.807, 2.05) is 6.07 Å². The van der Waals surface area contributed by atoms with Crippen LogP contribution in [0, 0.1) is 11.3 Å². The van der Waals surface area contributed by atoms with Gasteiger partial charge in [0.1, 0.15) is 11.6 Å². The average molecular weight is 263 g/mol. The first-order chi connectivity index (χ1) is 8.91. The van der Waals surface area contributed by atoms with Crippen LogP contribution in [0.25, 0.3) is 0 Å². The fraction of sp³-hybridized carbons (Fsp3) is 0.429. The van der Waals surface area contributed by atoms with Crippen LogP contribution < -0.4 is 5.32 Å². The van der Waals surface area contributed by atoms with Crippen molar-refractivity contribution < 1.29 is 9.90 Å². The Morgan fingerprint density at radius 2 is 1.95 bits per heavy atom. The van der Waals surface area contributed by atoms with Crippen LogP contribution in [0.2, 0.25) is 0 Å². The number of nitrogens with one attached hydrogen (secondary N) is 1. The number of amides is 1. The Balaban J connectivity index is 4.97. The predicted molar refractivity (Wildman–Crippen MR) is 75.0 cm³/mol. The van der Waals surface area contributed by atoms with Gasteiger partial charge in [-0.25, -0.2) is 0 Å². The summed E-state index contributed by atoms with van der Waals surface area (Å²) in [6.07, 6.45) is 4.50. The van der Waals surface area contributed by atoms with Crippen molar-refractivity contribution in [2.75, 3.05) is 19.7 Å². The Morgan fingerprint density at radius 1 is 1.42 bits per heavy atom. The molecule has 0 atom stereocenters. The van der Waals surface area contributed by atoms with Gasteiger partial charge in [0, 0.05) is 19.3 Å². The van der Waals surface area contributed by atoms with Gasteiger partial charge in [-0.05, 0) is 13.8 Å². The van der Waals surface area contributed by atoms with Crippen molar-refractivity contribution in [2.45, 2.75) is 19.4 Å². The summed E-state index contributed by atoms with van der Waals surface area (Å²) >= 11 is 0. The third kappa shape index (κ3) is 5.89. The third-order valence-electron chi connectivity index (χ3n) is 2.34. The van der Waals surface area contributed by atoms with Crippen LogP contribution in [-0.2, 0) is 4.79 Å². The average Bonchev–Trinajstić information content (AvgIpc) is 2.39. The maximum Gasteiger partial charge on any atom is 0.266 e. The molecule has 0 unspecified atom stereocenters. The van der Waals surface area contributed by atoms with Gasteiger partial charge in [0.2, 0.25) is 0 Å². The summed E-state index contributed by atoms with van der Waals surface area (Å²) in [6, 6.07) is 1.85. The second-order valence-electron chi connectivity index (χ2n) is 4.64. The fourth-order valence-corrected chi connectivity index (χ4v) is 1.18. The van der Waals surface area contributed by atoms with Crippen LogP contribution in [0.15, 0.2) is 37.1 Å². The molecule has 0 aromatic carbocycles. The van der Waals surface area contributed by atoms with E-state index in [2.05, 4.69) is 18.5 Å². The fourth-order valence-electron chi connectivity index (χ4n) is 1.18. The minimum Gasteiger partial charge on any atom is -0.394 e. The zero-order valence-electron chi connectivity index (χ0n) is 11.5. The number of carbonyl (C=O) groups excluding carboxylic acids is 1. The molecule has 2 N–H and O–H groups in total. The van der Waals surface area contributed by atoms with Crippen LogP contribution in [0.1, 0.15) is 13.8 Å². The molecule has 19 heavy (non-hydrogen) atoms. The van der Waals surface area contributed by atoms with Gasteiger partial charge in [0.05, 0.1) is 12.1 Å². The van der Waals surface area contributed by atoms with Crippen LogP contribution >= 0.6 is 0 Å². The van der Waals surface area contributed by atoms with Gasteiger partial charge >= 0.3 is 0 Å². The Labute approximate surface area is 114 Å². The van der Waals surface area contributed by atoms with E-state index >= 15 is 0 Å². The van der Waals surface area contributed by atoms with E-state index in [0.717, 1.165) is 0 Å². The molecule has 1 amide bonds. The number of aliphatic hydroxyl groups excluding tert-OH is 1. The highest BCUT2D eigenvalue weighted by molar-refractivity contribution is 5.97. The van der Waals surface area contributed by atoms with Gasteiger partial charge in [-0.3, -0.25) is 4.79 Å². The highest BCUT2D eigenvalue weighted by atomic mass is 16.3. The largest absolute Gasteiger partial charge is 0.394 e. The lowest BCUT2D eigenvalue weighted by atomic mass is 10.1. The minimum atomic E-state index is -0.593. The number of rotatable bonds is 8. The highest BCUT2D eigenvalue weighted by Gasteiger charge is 2.18. The standard InChI is InChI=1S/C14H21N3O2/c1-5-7-17(8-6-2)13(19)12(9-15)10-16-14(3,4)11-18/h5-6,10,16,18H,1-2,7-8,11H2,3-4H3/b12-10-. The first kappa shape index (κ1) is 16.9. The second kappa shape index (κ2) is 8.11. The molecule has 5 nitrogen and oxygen atoms in total. The first-order valence-electron chi connectivity index (χ1n) is 5.91. The summed E-state index contributed by atoms with van der Waals surface area (Å²) in [7, 11) is 0. The Morgan fingerprint density at radius 3 is 2.32 bits per heavy atom. The molecule has 104 valence electrons. The van der Waals surface area contributed by atoms with Crippen molar-refractivity contribution in [3.63, 3.8) is 0 Å². The second-order valence-corrected chi connectivity index (χ2v) is 4.64. The molecule has 0 heterocycles. The molecule has 0 saturated heterocycles. The monoisotopic (exact) mass is 263 g/mol. The molecule has 0 fully saturated rings. The van der Waals surface area contributed by atoms with E-state index in [9.17, 15) is 4.79 Å². The highest BCUT2D eigenvalue weighted by Crippen LogP contribution is 2.04. The molecule has 5 heteroatoms. The van der Waals surface area contributed by atoms with Gasteiger partial charge in [0.25, 0.3) is 5.91 Å². The maximum absolute atomic E-state index is 12.1. The quantitative estimate of drug-likeness (QED) is 0.388. The molecule has 0 spiro atoms. The number of carbonyl (C=O) groups is 1. The van der Waals surface area contributed by atoms with Crippen molar-refractivity contribution in [1.29, 1.82) is 5.26 Å². The Bertz CT molecular complexity index is 395. The van der Waals surface area contributed by atoms with Gasteiger partial charge in [-0.2, -0.15) is 5.26 Å². The van der Waals surface area contributed by atoms with Crippen molar-refractivity contribution in [2.24, 2.45) is 0 Å². The number of aliphatic hydroxyl groups is 1. The minimum absolute atomic E-state index is 0.0229. The summed E-state index contributed by atoms with van der Waals surface area (Å²) in [5, 5.41) is 21.0. The topological polar surface area (TPSA) is 76.4 Å². The van der Waals surface area contributed by atoms with Crippen molar-refractivity contribution in [3.05, 3.63) is 37.1 Å². The Kier molecular flexibility index (Phi) is 7.23. The molecule has 0 rings (SSSR count). The van der Waals surface area contributed by atoms with Crippen LogP contribution in [0.4, 0.5) is 0 Å². The molecule has 0 bridgehead atoms. The number of nitrogens with zero attached hydrogens (tertiary/aromatic N) is 2. The normalized spacial score (nSPS) is 11.4. The number of hydrogen-bond acceptors (Lipinski definition) is 4. The third-order valence-corrected chi connectivity index (χ3v) is 2.34. The lowest BCUT2D eigenvalue weighted by molar-refractivity contribution is -0.125. The number of hydrogen-bond donors (Lipinski definition) is 2. The van der Waals surface area contributed by atoms with Crippen molar-refractivity contribution >= 4 is 5.91 Å². The molecule has 0 aliphatic rings. The molecular weight excluding hydrogens is 242 g/mol. The molecular formula is C14H21N3O2. The van der Waals surface area contributed by atoms with E-state index in [4.69, 9.17) is 10.4 Å². The van der Waals surface area contributed by atoms with Gasteiger partial charge in [-0.15, -0.1) is 13.2 Å². The van der Waals surface area contributed by atoms with E-state index < -0.39 is 11.4 Å². The lowest BCUT2D eigenvalue weighted by Crippen LogP contribution is -2.40. The molecule has 0 aliphatic heterocycles. The van der Waals surface area contributed by atoms with Crippen LogP contribution in [-0.4, -0.2) is 41.1 Å². The molecule has 0 aromatic rings. The SMILES string of the molecule is C=CCN(CC=C)C(=O)/C(C#N)=C\NC(C)(C)CO. The van der Waals surface area contributed by atoms with E-state index in [1.54, 1.807) is 26.0 Å². The predicted octanol–water partition coefficient (Wildman–Crippen LogP) is 0.955. The summed E-state index contributed by atoms with van der Waals surface area (Å²) in [6.45, 7) is 11.2. The zero-order valence-corrected chi connectivity index (χ0v) is 11.5. The van der Waals surface area contributed by atoms with Gasteiger partial charge in [0.15, 0.2) is 0 Å². The summed E-state index contributed by atoms with van der Waals surface area (Å²) in [5.74, 6) is -0.400. The number of nitriles is 1. The molecule has 0 saturated carbocycles. The van der Waals surface area contributed by atoms with Crippen LogP contribution in [0.3, 0.4) is 0 Å². The van der Waals surface area contributed by atoms with Crippen molar-refractivity contribution in [1.82, 2.24) is 10.2 Å². The summed E-state index contributed by atoms with van der Waals surface area (Å²) < 4.78 is 0. The van der Waals surface area contributed by atoms with E-state index in [1.165, 1.54) is 11.1 Å². The molecule has 0 aliphatic carbocycles. The van der Waals surface area contributed by atoms with E-state index in [-0.39, 0.29) is 12.2 Å². The van der Waals surface area contributed by atoms with Crippen molar-refractivity contribution in [3.8, 4) is 6.07 Å². The lowest BCUT2D eigenvalue weighted by Gasteiger charge is -2.23. The summed E-state index contributed by atoms with van der Waals surface area (Å²) in [4.78, 5) is 13.5. The Hall–Kier alpha value is -2.06. The molecule has 0 aromatic heterocycles. The van der Waals surface area contributed by atoms with Crippen LogP contribution in [0.5, 0.6) is 0 Å². The maximum atomic E-state index is 12.1. The van der Waals surface area contributed by atoms with Gasteiger partial charge < -0.3 is 15.3 Å². The summed E-state index contributed by atoms with van der Waals surface area (Å²) in [5.41, 5.74) is -0.616. The van der Waals surface area contributed by atoms with E-state index in [0.29, 0.717) is 13.1 Å². The first-order valence-corrected chi connectivity index (χ1v) is 5.91. The molecule has 0 radical (unpaired) electrons. The smallest absolute Gasteiger partial charge is 0.266 e.